The van der Waals surface area contributed by atoms with Crippen LogP contribution in [-0.2, 0) is 9.59 Å². The first kappa shape index (κ1) is 19.7. The van der Waals surface area contributed by atoms with Gasteiger partial charge in [-0.25, -0.2) is 9.40 Å². The van der Waals surface area contributed by atoms with Crippen LogP contribution in [0.3, 0.4) is 0 Å². The zero-order chi connectivity index (χ0) is 20.1. The molecule has 1 atom stereocenters. The van der Waals surface area contributed by atoms with E-state index in [1.54, 1.807) is 24.1 Å². The Balaban J connectivity index is 1.53. The van der Waals surface area contributed by atoms with Crippen molar-refractivity contribution in [3.63, 3.8) is 0 Å². The molecule has 0 aliphatic carbocycles. The maximum Gasteiger partial charge on any atom is 0.243 e. The molecule has 0 spiro atoms. The number of benzene rings is 2. The normalized spacial score (nSPS) is 14.5. The Hall–Kier alpha value is -3.02. The number of nitrogens with zero attached hydrogens (tertiary/aromatic N) is 3. The van der Waals surface area contributed by atoms with E-state index in [9.17, 15) is 14.0 Å². The number of hydrogen-bond acceptors (Lipinski definition) is 3. The first-order chi connectivity index (χ1) is 13.5. The smallest absolute Gasteiger partial charge is 0.243 e. The number of carbonyl (C=O) groups excluding carboxylic acids is 2. The van der Waals surface area contributed by atoms with Gasteiger partial charge in [0.15, 0.2) is 0 Å². The van der Waals surface area contributed by atoms with Crippen molar-refractivity contribution in [2.24, 2.45) is 5.10 Å². The Morgan fingerprint density at radius 1 is 1.11 bits per heavy atom. The van der Waals surface area contributed by atoms with Crippen molar-refractivity contribution < 1.29 is 14.0 Å². The Morgan fingerprint density at radius 3 is 2.46 bits per heavy atom. The van der Waals surface area contributed by atoms with Crippen LogP contribution in [0.1, 0.15) is 43.4 Å². The van der Waals surface area contributed by atoms with Gasteiger partial charge in [0.1, 0.15) is 5.82 Å². The van der Waals surface area contributed by atoms with Crippen LogP contribution < -0.4 is 0 Å². The monoisotopic (exact) mass is 381 g/mol. The van der Waals surface area contributed by atoms with E-state index in [2.05, 4.69) is 5.10 Å². The lowest BCUT2D eigenvalue weighted by Crippen LogP contribution is -2.31. The van der Waals surface area contributed by atoms with Crippen LogP contribution in [-0.4, -0.2) is 41.0 Å². The van der Waals surface area contributed by atoms with Crippen molar-refractivity contribution in [2.45, 2.75) is 32.2 Å². The minimum atomic E-state index is -0.309. The summed E-state index contributed by atoms with van der Waals surface area (Å²) in [6, 6.07) is 15.7. The van der Waals surface area contributed by atoms with Crippen molar-refractivity contribution >= 4 is 17.5 Å². The van der Waals surface area contributed by atoms with Crippen molar-refractivity contribution in [1.82, 2.24) is 9.91 Å². The summed E-state index contributed by atoms with van der Waals surface area (Å²) in [4.78, 5) is 26.5. The molecular formula is C22H24FN3O2. The van der Waals surface area contributed by atoms with Crippen LogP contribution in [0.2, 0.25) is 0 Å². The third kappa shape index (κ3) is 4.63. The van der Waals surface area contributed by atoms with Gasteiger partial charge >= 0.3 is 0 Å². The Morgan fingerprint density at radius 2 is 1.79 bits per heavy atom. The van der Waals surface area contributed by atoms with Crippen LogP contribution in [0.5, 0.6) is 0 Å². The van der Waals surface area contributed by atoms with Crippen LogP contribution in [0.15, 0.2) is 59.7 Å². The quantitative estimate of drug-likeness (QED) is 0.765. The average Bonchev–Trinajstić information content (AvgIpc) is 3.22. The van der Waals surface area contributed by atoms with Crippen LogP contribution in [0.25, 0.3) is 0 Å². The van der Waals surface area contributed by atoms with Crippen LogP contribution in [0, 0.1) is 5.82 Å². The molecule has 28 heavy (non-hydrogen) atoms. The van der Waals surface area contributed by atoms with Gasteiger partial charge in [0.05, 0.1) is 18.3 Å². The second-order valence-corrected chi connectivity index (χ2v) is 6.91. The number of hydrazone groups is 1. The Bertz CT molecular complexity index is 865. The summed E-state index contributed by atoms with van der Waals surface area (Å²) in [6.07, 6.45) is 0.948. The fourth-order valence-electron chi connectivity index (χ4n) is 3.17. The van der Waals surface area contributed by atoms with E-state index in [0.29, 0.717) is 13.0 Å². The zero-order valence-corrected chi connectivity index (χ0v) is 16.1. The average molecular weight is 381 g/mol. The molecule has 5 nitrogen and oxygen atoms in total. The van der Waals surface area contributed by atoms with Gasteiger partial charge in [-0.3, -0.25) is 9.59 Å². The highest BCUT2D eigenvalue weighted by molar-refractivity contribution is 6.02. The maximum atomic E-state index is 13.1. The van der Waals surface area contributed by atoms with Gasteiger partial charge in [0, 0.05) is 26.3 Å². The van der Waals surface area contributed by atoms with Gasteiger partial charge in [-0.05, 0) is 30.2 Å². The highest BCUT2D eigenvalue weighted by Gasteiger charge is 2.23. The minimum Gasteiger partial charge on any atom is -0.339 e. The second kappa shape index (κ2) is 8.78. The number of hydrogen-bond donors (Lipinski definition) is 0. The summed E-state index contributed by atoms with van der Waals surface area (Å²) in [5.41, 5.74) is 2.75. The number of carbonyl (C=O) groups is 2. The lowest BCUT2D eigenvalue weighted by atomic mass is 10.1. The molecule has 0 saturated carbocycles. The van der Waals surface area contributed by atoms with Gasteiger partial charge < -0.3 is 4.90 Å². The molecule has 0 fully saturated rings. The summed E-state index contributed by atoms with van der Waals surface area (Å²) >= 11 is 0. The molecule has 1 aliphatic rings. The summed E-state index contributed by atoms with van der Waals surface area (Å²) in [6.45, 7) is 2.42. The van der Waals surface area contributed by atoms with E-state index < -0.39 is 0 Å². The summed E-state index contributed by atoms with van der Waals surface area (Å²) in [5.74, 6) is -0.588. The van der Waals surface area contributed by atoms with Gasteiger partial charge in [0.2, 0.25) is 11.8 Å². The third-order valence-electron chi connectivity index (χ3n) is 5.08. The standard InChI is InChI=1S/C22H24FN3O2/c1-16(17-8-10-19(23)11-9-17)25(2)21(27)12-13-22(28)26-15-14-20(24-26)18-6-4-3-5-7-18/h3-11,16H,12-15H2,1-2H3. The molecule has 0 bridgehead atoms. The minimum absolute atomic E-state index is 0.116. The molecule has 146 valence electrons. The highest BCUT2D eigenvalue weighted by Crippen LogP contribution is 2.21. The van der Waals surface area contributed by atoms with Gasteiger partial charge in [0.25, 0.3) is 0 Å². The lowest BCUT2D eigenvalue weighted by Gasteiger charge is -2.25. The Kier molecular flexibility index (Phi) is 6.19. The molecule has 2 amide bonds. The van der Waals surface area contributed by atoms with E-state index in [4.69, 9.17) is 0 Å². The van der Waals surface area contributed by atoms with Gasteiger partial charge in [-0.2, -0.15) is 5.10 Å². The fraction of sp³-hybridized carbons (Fsp3) is 0.318. The molecule has 0 N–H and O–H groups in total. The van der Waals surface area contributed by atoms with E-state index in [1.807, 2.05) is 37.3 Å². The van der Waals surface area contributed by atoms with E-state index in [-0.39, 0.29) is 36.5 Å². The van der Waals surface area contributed by atoms with Crippen molar-refractivity contribution in [3.05, 3.63) is 71.5 Å². The number of amides is 2. The molecule has 0 radical (unpaired) electrons. The van der Waals surface area contributed by atoms with E-state index in [0.717, 1.165) is 16.8 Å². The highest BCUT2D eigenvalue weighted by atomic mass is 19.1. The molecule has 3 rings (SSSR count). The number of rotatable bonds is 6. The van der Waals surface area contributed by atoms with E-state index in [1.165, 1.54) is 17.1 Å². The topological polar surface area (TPSA) is 53.0 Å². The third-order valence-corrected chi connectivity index (χ3v) is 5.08. The molecule has 1 heterocycles. The number of halogens is 1. The summed E-state index contributed by atoms with van der Waals surface area (Å²) < 4.78 is 13.1. The molecule has 1 unspecified atom stereocenters. The van der Waals surface area contributed by atoms with Crippen LogP contribution >= 0.6 is 0 Å². The molecule has 0 saturated heterocycles. The molecule has 1 aliphatic heterocycles. The predicted octanol–water partition coefficient (Wildman–Crippen LogP) is 3.76. The largest absolute Gasteiger partial charge is 0.339 e. The second-order valence-electron chi connectivity index (χ2n) is 6.91. The van der Waals surface area contributed by atoms with E-state index >= 15 is 0 Å². The maximum absolute atomic E-state index is 13.1. The summed E-state index contributed by atoms with van der Waals surface area (Å²) in [5, 5.41) is 5.87. The molecule has 6 heteroatoms. The lowest BCUT2D eigenvalue weighted by molar-refractivity contribution is -0.137. The SMILES string of the molecule is CC(c1ccc(F)cc1)N(C)C(=O)CCC(=O)N1CCC(c2ccccc2)=N1. The van der Waals surface area contributed by atoms with Gasteiger partial charge in [-0.1, -0.05) is 42.5 Å². The predicted molar refractivity (Wildman–Crippen MR) is 106 cm³/mol. The summed E-state index contributed by atoms with van der Waals surface area (Å²) in [7, 11) is 1.70. The fourth-order valence-corrected chi connectivity index (χ4v) is 3.17. The molecule has 2 aromatic carbocycles. The zero-order valence-electron chi connectivity index (χ0n) is 16.1. The molecule has 0 aromatic heterocycles. The molecule has 2 aromatic rings. The Labute approximate surface area is 164 Å². The van der Waals surface area contributed by atoms with Crippen LogP contribution in [0.4, 0.5) is 4.39 Å². The molecular weight excluding hydrogens is 357 g/mol. The first-order valence-corrected chi connectivity index (χ1v) is 9.40. The first-order valence-electron chi connectivity index (χ1n) is 9.40. The van der Waals surface area contributed by atoms with Crippen molar-refractivity contribution in [1.29, 1.82) is 0 Å². The van der Waals surface area contributed by atoms with Crippen molar-refractivity contribution in [3.8, 4) is 0 Å². The van der Waals surface area contributed by atoms with Crippen molar-refractivity contribution in [2.75, 3.05) is 13.6 Å². The van der Waals surface area contributed by atoms with Gasteiger partial charge in [-0.15, -0.1) is 0 Å².